The van der Waals surface area contributed by atoms with Crippen LogP contribution in [-0.4, -0.2) is 37.2 Å². The van der Waals surface area contributed by atoms with Crippen LogP contribution in [0.4, 0.5) is 17.1 Å². The van der Waals surface area contributed by atoms with Crippen molar-refractivity contribution < 1.29 is 19.1 Å². The number of aryl methyl sites for hydroxylation is 2. The van der Waals surface area contributed by atoms with Crippen molar-refractivity contribution >= 4 is 57.7 Å². The Kier molecular flexibility index (Phi) is 8.98. The molecular weight excluding hydrogens is 523 g/mol. The molecule has 0 amide bonds. The van der Waals surface area contributed by atoms with Crippen LogP contribution in [0.1, 0.15) is 36.0 Å². The largest absolute Gasteiger partial charge is 0.325 e. The van der Waals surface area contributed by atoms with Gasteiger partial charge in [0.2, 0.25) is 5.12 Å². The number of nitrogens with zero attached hydrogens (tertiary/aromatic N) is 2. The number of carbonyl (C=O) groups is 1. The predicted molar refractivity (Wildman–Crippen MR) is 157 cm³/mol. The first-order valence-electron chi connectivity index (χ1n) is 12.1. The Balaban J connectivity index is 1.51. The molecule has 3 aromatic carbocycles. The fourth-order valence-electron chi connectivity index (χ4n) is 4.10. The van der Waals surface area contributed by atoms with Gasteiger partial charge >= 0.3 is 7.60 Å². The molecule has 1 aliphatic heterocycles. The summed E-state index contributed by atoms with van der Waals surface area (Å²) in [5, 5.41) is 0.00926. The molecule has 6 nitrogen and oxygen atoms in total. The van der Waals surface area contributed by atoms with Gasteiger partial charge in [0, 0.05) is 28.7 Å². The molecule has 0 bridgehead atoms. The molecule has 9 heteroatoms. The molecule has 2 atom stereocenters. The highest BCUT2D eigenvalue weighted by atomic mass is 32.2. The molecule has 0 aromatic heterocycles. The SMILES string of the molecule is Cc1ccc(N(c2ccc(C)cc2)c2ccc(C(C)C3N=C(SCCCP(=O)(O)O)SC3=O)cc2)cc1. The van der Waals surface area contributed by atoms with E-state index in [-0.39, 0.29) is 17.2 Å². The Morgan fingerprint density at radius 3 is 1.89 bits per heavy atom. The number of anilines is 3. The van der Waals surface area contributed by atoms with Crippen molar-refractivity contribution in [2.75, 3.05) is 16.8 Å². The number of benzene rings is 3. The third kappa shape index (κ3) is 7.37. The molecule has 2 unspecified atom stereocenters. The van der Waals surface area contributed by atoms with Gasteiger partial charge in [-0.05, 0) is 74.0 Å². The van der Waals surface area contributed by atoms with Crippen LogP contribution in [0.2, 0.25) is 0 Å². The molecular formula is C28H31N2O4PS2. The normalized spacial score (nSPS) is 16.5. The number of rotatable bonds is 9. The van der Waals surface area contributed by atoms with E-state index < -0.39 is 13.6 Å². The van der Waals surface area contributed by atoms with Crippen LogP contribution < -0.4 is 4.90 Å². The van der Waals surface area contributed by atoms with Crippen molar-refractivity contribution in [3.05, 3.63) is 89.5 Å². The molecule has 1 aliphatic rings. The van der Waals surface area contributed by atoms with E-state index >= 15 is 0 Å². The van der Waals surface area contributed by atoms with Gasteiger partial charge in [0.05, 0.1) is 6.16 Å². The zero-order valence-corrected chi connectivity index (χ0v) is 23.6. The lowest BCUT2D eigenvalue weighted by atomic mass is 9.94. The molecule has 0 spiro atoms. The molecule has 0 saturated heterocycles. The lowest BCUT2D eigenvalue weighted by molar-refractivity contribution is -0.112. The second kappa shape index (κ2) is 12.0. The van der Waals surface area contributed by atoms with Gasteiger partial charge in [0.15, 0.2) is 0 Å². The zero-order chi connectivity index (χ0) is 26.6. The van der Waals surface area contributed by atoms with Gasteiger partial charge in [-0.25, -0.2) is 0 Å². The Morgan fingerprint density at radius 2 is 1.41 bits per heavy atom. The van der Waals surface area contributed by atoms with Crippen molar-refractivity contribution in [3.8, 4) is 0 Å². The molecule has 2 N–H and O–H groups in total. The molecule has 0 radical (unpaired) electrons. The number of hydrogen-bond donors (Lipinski definition) is 2. The predicted octanol–water partition coefficient (Wildman–Crippen LogP) is 7.18. The first-order chi connectivity index (χ1) is 17.6. The van der Waals surface area contributed by atoms with Crippen molar-refractivity contribution in [1.82, 2.24) is 0 Å². The van der Waals surface area contributed by atoms with Crippen LogP contribution in [0.5, 0.6) is 0 Å². The van der Waals surface area contributed by atoms with Gasteiger partial charge in [-0.2, -0.15) is 0 Å². The minimum Gasteiger partial charge on any atom is -0.324 e. The van der Waals surface area contributed by atoms with Gasteiger partial charge in [-0.1, -0.05) is 66.2 Å². The smallest absolute Gasteiger partial charge is 0.324 e. The highest BCUT2D eigenvalue weighted by Crippen LogP contribution is 2.39. The summed E-state index contributed by atoms with van der Waals surface area (Å²) < 4.78 is 11.7. The van der Waals surface area contributed by atoms with Crippen molar-refractivity contribution in [2.24, 2.45) is 4.99 Å². The first kappa shape index (κ1) is 27.7. The number of carbonyl (C=O) groups excluding carboxylic acids is 1. The van der Waals surface area contributed by atoms with Crippen molar-refractivity contribution in [1.29, 1.82) is 0 Å². The summed E-state index contributed by atoms with van der Waals surface area (Å²) in [6.45, 7) is 6.17. The third-order valence-corrected chi connectivity index (χ3v) is 9.30. The first-order valence-corrected chi connectivity index (χ1v) is 15.7. The maximum atomic E-state index is 12.7. The lowest BCUT2D eigenvalue weighted by Crippen LogP contribution is -2.19. The molecule has 194 valence electrons. The van der Waals surface area contributed by atoms with Crippen LogP contribution in [0, 0.1) is 13.8 Å². The van der Waals surface area contributed by atoms with Gasteiger partial charge in [-0.15, -0.1) is 0 Å². The van der Waals surface area contributed by atoms with Gasteiger partial charge in [-0.3, -0.25) is 14.4 Å². The summed E-state index contributed by atoms with van der Waals surface area (Å²) >= 11 is 2.52. The summed E-state index contributed by atoms with van der Waals surface area (Å²) in [4.78, 5) is 37.6. The summed E-state index contributed by atoms with van der Waals surface area (Å²) in [6, 6.07) is 24.7. The average Bonchev–Trinajstić information content (AvgIpc) is 3.24. The molecule has 1 heterocycles. The standard InChI is InChI=1S/C28H31N2O4PS2/c1-19-5-11-23(12-6-19)30(24-13-7-20(2)8-14-24)25-15-9-22(10-16-25)21(3)26-27(31)37-28(29-26)36-18-4-17-35(32,33)34/h5-16,21,26H,4,17-18H2,1-3H3,(H2,32,33,34). The van der Waals surface area contributed by atoms with Crippen molar-refractivity contribution in [3.63, 3.8) is 0 Å². The molecule has 0 aliphatic carbocycles. The second-order valence-corrected chi connectivity index (χ2v) is 13.3. The highest BCUT2D eigenvalue weighted by molar-refractivity contribution is 8.45. The van der Waals surface area contributed by atoms with E-state index in [0.29, 0.717) is 16.5 Å². The Morgan fingerprint density at radius 1 is 0.919 bits per heavy atom. The average molecular weight is 555 g/mol. The molecule has 4 rings (SSSR count). The summed E-state index contributed by atoms with van der Waals surface area (Å²) in [7, 11) is -3.99. The van der Waals surface area contributed by atoms with Crippen LogP contribution in [0.25, 0.3) is 0 Å². The molecule has 0 fully saturated rings. The van der Waals surface area contributed by atoms with Crippen LogP contribution >= 0.6 is 31.1 Å². The topological polar surface area (TPSA) is 90.2 Å². The maximum absolute atomic E-state index is 12.7. The molecule has 3 aromatic rings. The van der Waals surface area contributed by atoms with Crippen LogP contribution in [0.3, 0.4) is 0 Å². The highest BCUT2D eigenvalue weighted by Gasteiger charge is 2.33. The molecule has 37 heavy (non-hydrogen) atoms. The van der Waals surface area contributed by atoms with E-state index in [9.17, 15) is 9.36 Å². The van der Waals surface area contributed by atoms with Crippen LogP contribution in [0.15, 0.2) is 77.8 Å². The monoisotopic (exact) mass is 554 g/mol. The minimum absolute atomic E-state index is 0.00926. The third-order valence-electron chi connectivity index (χ3n) is 6.23. The Hall–Kier alpha value is -2.35. The van der Waals surface area contributed by atoms with Gasteiger partial charge in [0.1, 0.15) is 10.4 Å². The van der Waals surface area contributed by atoms with Crippen LogP contribution in [-0.2, 0) is 9.36 Å². The van der Waals surface area contributed by atoms with E-state index in [1.54, 1.807) is 0 Å². The summed E-state index contributed by atoms with van der Waals surface area (Å²) in [5.41, 5.74) is 6.62. The fourth-order valence-corrected chi connectivity index (χ4v) is 6.98. The van der Waals surface area contributed by atoms with E-state index in [1.807, 2.05) is 6.92 Å². The quantitative estimate of drug-likeness (QED) is 0.214. The summed E-state index contributed by atoms with van der Waals surface area (Å²) in [5.74, 6) is 0.433. The summed E-state index contributed by atoms with van der Waals surface area (Å²) in [6.07, 6.45) is 0.225. The fraction of sp³-hybridized carbons (Fsp3) is 0.286. The molecule has 0 saturated carbocycles. The van der Waals surface area contributed by atoms with Gasteiger partial charge in [0.25, 0.3) is 0 Å². The number of thioether (sulfide) groups is 2. The second-order valence-electron chi connectivity index (χ2n) is 9.24. The number of aliphatic imine (C=N–C) groups is 1. The Bertz CT molecular complexity index is 1260. The minimum atomic E-state index is -3.99. The Labute approximate surface area is 226 Å². The number of hydrogen-bond acceptors (Lipinski definition) is 6. The zero-order valence-electron chi connectivity index (χ0n) is 21.1. The lowest BCUT2D eigenvalue weighted by Gasteiger charge is -2.26. The van der Waals surface area contributed by atoms with E-state index in [1.165, 1.54) is 22.9 Å². The van der Waals surface area contributed by atoms with Gasteiger partial charge < -0.3 is 14.7 Å². The van der Waals surface area contributed by atoms with E-state index in [0.717, 1.165) is 34.4 Å². The van der Waals surface area contributed by atoms with E-state index in [2.05, 4.69) is 96.5 Å². The van der Waals surface area contributed by atoms with E-state index in [4.69, 9.17) is 9.79 Å². The van der Waals surface area contributed by atoms with Crippen molar-refractivity contribution in [2.45, 2.75) is 39.2 Å². The maximum Gasteiger partial charge on any atom is 0.325 e.